The second kappa shape index (κ2) is 2.96. The number of hydrogen-bond donors (Lipinski definition) is 1. The van der Waals surface area contributed by atoms with Crippen molar-refractivity contribution < 1.29 is 4.39 Å². The zero-order valence-electron chi connectivity index (χ0n) is 7.16. The van der Waals surface area contributed by atoms with Crippen LogP contribution in [0.5, 0.6) is 0 Å². The Balaban J connectivity index is 3.01. The van der Waals surface area contributed by atoms with Gasteiger partial charge >= 0.3 is 0 Å². The van der Waals surface area contributed by atoms with E-state index in [0.29, 0.717) is 5.39 Å². The van der Waals surface area contributed by atoms with Gasteiger partial charge in [-0.3, -0.25) is 0 Å². The summed E-state index contributed by atoms with van der Waals surface area (Å²) in [6, 6.07) is 6.35. The van der Waals surface area contributed by atoms with Gasteiger partial charge in [-0.15, -0.1) is 0 Å². The molecule has 4 heteroatoms. The highest BCUT2D eigenvalue weighted by Crippen LogP contribution is 2.24. The van der Waals surface area contributed by atoms with Crippen LogP contribution in [0.2, 0.25) is 0 Å². The molecule has 3 nitrogen and oxygen atoms in total. The van der Waals surface area contributed by atoms with Crippen molar-refractivity contribution in [3.8, 4) is 6.07 Å². The molecule has 1 aromatic carbocycles. The standard InChI is InChI=1S/C10H6FN3/c11-8-3-1-2-7-9(8)6(4-12)5-14-10(7)13/h1-3,5H,(H2,13,14). The summed E-state index contributed by atoms with van der Waals surface area (Å²) in [6.07, 6.45) is 1.28. The lowest BCUT2D eigenvalue weighted by molar-refractivity contribution is 0.639. The van der Waals surface area contributed by atoms with Crippen molar-refractivity contribution in [3.05, 3.63) is 35.8 Å². The number of nitriles is 1. The Morgan fingerprint density at radius 3 is 2.93 bits per heavy atom. The molecule has 0 aliphatic heterocycles. The minimum Gasteiger partial charge on any atom is -0.383 e. The quantitative estimate of drug-likeness (QED) is 0.684. The molecule has 2 aromatic rings. The molecule has 0 saturated heterocycles. The van der Waals surface area contributed by atoms with Crippen molar-refractivity contribution in [2.45, 2.75) is 0 Å². The molecule has 14 heavy (non-hydrogen) atoms. The Labute approximate surface area is 79.6 Å². The Bertz CT molecular complexity index is 543. The van der Waals surface area contributed by atoms with Crippen molar-refractivity contribution in [1.82, 2.24) is 4.98 Å². The number of aromatic nitrogens is 1. The van der Waals surface area contributed by atoms with Gasteiger partial charge in [-0.1, -0.05) is 12.1 Å². The molecule has 0 saturated carbocycles. The lowest BCUT2D eigenvalue weighted by Gasteiger charge is -2.03. The number of pyridine rings is 1. The van der Waals surface area contributed by atoms with E-state index in [2.05, 4.69) is 4.98 Å². The molecule has 0 bridgehead atoms. The summed E-state index contributed by atoms with van der Waals surface area (Å²) in [5, 5.41) is 9.47. The summed E-state index contributed by atoms with van der Waals surface area (Å²) < 4.78 is 13.4. The first-order chi connectivity index (χ1) is 6.74. The van der Waals surface area contributed by atoms with Gasteiger partial charge in [-0.25, -0.2) is 9.37 Å². The van der Waals surface area contributed by atoms with Gasteiger partial charge in [0.25, 0.3) is 0 Å². The summed E-state index contributed by atoms with van der Waals surface area (Å²) in [5.74, 6) is -0.216. The smallest absolute Gasteiger partial charge is 0.132 e. The van der Waals surface area contributed by atoms with Crippen LogP contribution < -0.4 is 5.73 Å². The molecule has 1 aromatic heterocycles. The highest BCUT2D eigenvalue weighted by atomic mass is 19.1. The van der Waals surface area contributed by atoms with Gasteiger partial charge in [-0.2, -0.15) is 5.26 Å². The third kappa shape index (κ3) is 1.07. The van der Waals surface area contributed by atoms with Crippen LogP contribution >= 0.6 is 0 Å². The van der Waals surface area contributed by atoms with Crippen LogP contribution in [0.3, 0.4) is 0 Å². The minimum absolute atomic E-state index is 0.201. The SMILES string of the molecule is N#Cc1cnc(N)c2cccc(F)c12. The first kappa shape index (κ1) is 8.45. The number of hydrogen-bond acceptors (Lipinski definition) is 3. The van der Waals surface area contributed by atoms with E-state index in [1.165, 1.54) is 18.3 Å². The van der Waals surface area contributed by atoms with E-state index < -0.39 is 5.82 Å². The predicted octanol–water partition coefficient (Wildman–Crippen LogP) is 1.83. The van der Waals surface area contributed by atoms with Crippen molar-refractivity contribution in [2.24, 2.45) is 0 Å². The molecule has 0 aliphatic carbocycles. The number of fused-ring (bicyclic) bond motifs is 1. The topological polar surface area (TPSA) is 62.7 Å². The molecule has 68 valence electrons. The van der Waals surface area contributed by atoms with Gasteiger partial charge in [0.05, 0.1) is 5.56 Å². The number of nitrogens with two attached hydrogens (primary N) is 1. The van der Waals surface area contributed by atoms with E-state index in [-0.39, 0.29) is 16.8 Å². The Kier molecular flexibility index (Phi) is 1.79. The predicted molar refractivity (Wildman–Crippen MR) is 50.8 cm³/mol. The van der Waals surface area contributed by atoms with Crippen LogP contribution in [-0.4, -0.2) is 4.98 Å². The molecule has 0 fully saturated rings. The van der Waals surface area contributed by atoms with Gasteiger partial charge in [0.2, 0.25) is 0 Å². The third-order valence-electron chi connectivity index (χ3n) is 2.01. The molecule has 0 atom stereocenters. The van der Waals surface area contributed by atoms with Crippen molar-refractivity contribution in [3.63, 3.8) is 0 Å². The monoisotopic (exact) mass is 187 g/mol. The molecule has 2 N–H and O–H groups in total. The Hall–Kier alpha value is -2.15. The largest absolute Gasteiger partial charge is 0.383 e. The average Bonchev–Trinajstić information content (AvgIpc) is 2.20. The summed E-state index contributed by atoms with van der Waals surface area (Å²) in [6.45, 7) is 0. The second-order valence-electron chi connectivity index (χ2n) is 2.83. The maximum atomic E-state index is 13.4. The number of rotatable bonds is 0. The third-order valence-corrected chi connectivity index (χ3v) is 2.01. The van der Waals surface area contributed by atoms with Crippen LogP contribution in [0.1, 0.15) is 5.56 Å². The lowest BCUT2D eigenvalue weighted by atomic mass is 10.1. The number of halogens is 1. The van der Waals surface area contributed by atoms with Gasteiger partial charge < -0.3 is 5.73 Å². The fourth-order valence-electron chi connectivity index (χ4n) is 1.36. The highest BCUT2D eigenvalue weighted by Gasteiger charge is 2.08. The summed E-state index contributed by atoms with van der Waals surface area (Å²) in [7, 11) is 0. The van der Waals surface area contributed by atoms with Crippen LogP contribution in [0, 0.1) is 17.1 Å². The van der Waals surface area contributed by atoms with E-state index in [1.54, 1.807) is 6.07 Å². The number of benzene rings is 1. The fourth-order valence-corrected chi connectivity index (χ4v) is 1.36. The Morgan fingerprint density at radius 2 is 2.21 bits per heavy atom. The first-order valence-electron chi connectivity index (χ1n) is 3.97. The van der Waals surface area contributed by atoms with E-state index in [0.717, 1.165) is 0 Å². The van der Waals surface area contributed by atoms with Crippen molar-refractivity contribution >= 4 is 16.6 Å². The summed E-state index contributed by atoms with van der Waals surface area (Å²) in [5.41, 5.74) is 5.76. The Morgan fingerprint density at radius 1 is 1.43 bits per heavy atom. The van der Waals surface area contributed by atoms with E-state index in [4.69, 9.17) is 11.0 Å². The number of nitrogen functional groups attached to an aromatic ring is 1. The van der Waals surface area contributed by atoms with Gasteiger partial charge in [0.1, 0.15) is 17.7 Å². The number of nitrogens with zero attached hydrogens (tertiary/aromatic N) is 2. The molecule has 2 rings (SSSR count). The van der Waals surface area contributed by atoms with E-state index in [9.17, 15) is 4.39 Å². The van der Waals surface area contributed by atoms with Gasteiger partial charge in [-0.05, 0) is 6.07 Å². The molecule has 0 unspecified atom stereocenters. The maximum Gasteiger partial charge on any atom is 0.132 e. The lowest BCUT2D eigenvalue weighted by Crippen LogP contribution is -1.95. The van der Waals surface area contributed by atoms with Crippen LogP contribution in [0.25, 0.3) is 10.8 Å². The van der Waals surface area contributed by atoms with E-state index >= 15 is 0 Å². The second-order valence-corrected chi connectivity index (χ2v) is 2.83. The first-order valence-corrected chi connectivity index (χ1v) is 3.97. The van der Waals surface area contributed by atoms with Crippen molar-refractivity contribution in [2.75, 3.05) is 5.73 Å². The van der Waals surface area contributed by atoms with Crippen molar-refractivity contribution in [1.29, 1.82) is 5.26 Å². The van der Waals surface area contributed by atoms with E-state index in [1.807, 2.05) is 6.07 Å². The zero-order chi connectivity index (χ0) is 10.1. The normalized spacial score (nSPS) is 10.0. The molecule has 0 radical (unpaired) electrons. The molecule has 0 spiro atoms. The summed E-state index contributed by atoms with van der Waals surface area (Å²) in [4.78, 5) is 3.81. The van der Waals surface area contributed by atoms with Crippen LogP contribution in [-0.2, 0) is 0 Å². The molecule has 0 amide bonds. The van der Waals surface area contributed by atoms with Gasteiger partial charge in [0.15, 0.2) is 0 Å². The van der Waals surface area contributed by atoms with Crippen LogP contribution in [0.15, 0.2) is 24.4 Å². The van der Waals surface area contributed by atoms with Gasteiger partial charge in [0, 0.05) is 17.0 Å². The molecule has 0 aliphatic rings. The van der Waals surface area contributed by atoms with Crippen LogP contribution in [0.4, 0.5) is 10.2 Å². The summed E-state index contributed by atoms with van der Waals surface area (Å²) >= 11 is 0. The zero-order valence-corrected chi connectivity index (χ0v) is 7.16. The molecular formula is C10H6FN3. The highest BCUT2D eigenvalue weighted by molar-refractivity contribution is 5.94. The average molecular weight is 187 g/mol. The molecular weight excluding hydrogens is 181 g/mol. The molecule has 1 heterocycles. The minimum atomic E-state index is -0.451. The maximum absolute atomic E-state index is 13.4. The number of anilines is 1. The fraction of sp³-hybridized carbons (Fsp3) is 0.